The van der Waals surface area contributed by atoms with E-state index in [1.165, 1.54) is 4.31 Å². The fraction of sp³-hybridized carbons (Fsp3) is 0.529. The molecular formula is C17H22N2O4S. The van der Waals surface area contributed by atoms with Crippen LogP contribution < -0.4 is 0 Å². The van der Waals surface area contributed by atoms with Crippen molar-refractivity contribution in [3.63, 3.8) is 0 Å². The zero-order chi connectivity index (χ0) is 17.2. The van der Waals surface area contributed by atoms with E-state index < -0.39 is 21.8 Å². The van der Waals surface area contributed by atoms with Crippen LogP contribution in [0.5, 0.6) is 0 Å². The molecule has 130 valence electrons. The summed E-state index contributed by atoms with van der Waals surface area (Å²) in [4.78, 5) is 25.6. The molecule has 1 aromatic carbocycles. The van der Waals surface area contributed by atoms with Gasteiger partial charge in [0.2, 0.25) is 10.0 Å². The molecule has 3 rings (SSSR count). The minimum Gasteiger partial charge on any atom is -0.273 e. The Morgan fingerprint density at radius 3 is 1.88 bits per heavy atom. The van der Waals surface area contributed by atoms with Crippen molar-refractivity contribution in [3.8, 4) is 0 Å². The van der Waals surface area contributed by atoms with Crippen LogP contribution in [0.2, 0.25) is 0 Å². The molecule has 0 atom stereocenters. The molecule has 1 saturated heterocycles. The molecule has 1 aromatic rings. The summed E-state index contributed by atoms with van der Waals surface area (Å²) in [5.41, 5.74) is 0.706. The molecule has 24 heavy (non-hydrogen) atoms. The first kappa shape index (κ1) is 17.1. The zero-order valence-electron chi connectivity index (χ0n) is 13.6. The number of nitrogens with zero attached hydrogens (tertiary/aromatic N) is 2. The molecule has 0 aromatic heterocycles. The average molecular weight is 350 g/mol. The molecule has 1 fully saturated rings. The Morgan fingerprint density at radius 2 is 1.33 bits per heavy atom. The molecular weight excluding hydrogens is 328 g/mol. The number of imide groups is 1. The number of hydrogen-bond acceptors (Lipinski definition) is 4. The number of hydrogen-bond donors (Lipinski definition) is 0. The molecule has 0 aliphatic carbocycles. The quantitative estimate of drug-likeness (QED) is 0.777. The van der Waals surface area contributed by atoms with Gasteiger partial charge in [0.1, 0.15) is 0 Å². The molecule has 2 aliphatic heterocycles. The van der Waals surface area contributed by atoms with Gasteiger partial charge in [0.15, 0.2) is 0 Å². The van der Waals surface area contributed by atoms with Gasteiger partial charge < -0.3 is 0 Å². The van der Waals surface area contributed by atoms with Crippen LogP contribution in [0.1, 0.15) is 52.8 Å². The summed E-state index contributed by atoms with van der Waals surface area (Å²) in [5, 5.41) is 0. The molecule has 2 aliphatic rings. The largest absolute Gasteiger partial charge is 0.273 e. The van der Waals surface area contributed by atoms with Crippen LogP contribution in [-0.4, -0.2) is 54.8 Å². The van der Waals surface area contributed by atoms with E-state index in [4.69, 9.17) is 0 Å². The highest BCUT2D eigenvalue weighted by atomic mass is 32.2. The molecule has 0 bridgehead atoms. The van der Waals surface area contributed by atoms with Crippen LogP contribution in [0.25, 0.3) is 0 Å². The Bertz CT molecular complexity index is 702. The fourth-order valence-corrected chi connectivity index (χ4v) is 4.76. The van der Waals surface area contributed by atoms with Gasteiger partial charge in [0, 0.05) is 19.6 Å². The van der Waals surface area contributed by atoms with Gasteiger partial charge in [-0.2, -0.15) is 0 Å². The third kappa shape index (κ3) is 3.37. The van der Waals surface area contributed by atoms with Crippen molar-refractivity contribution in [1.82, 2.24) is 9.21 Å². The summed E-state index contributed by atoms with van der Waals surface area (Å²) in [7, 11) is -3.46. The van der Waals surface area contributed by atoms with Gasteiger partial charge in [0.05, 0.1) is 16.9 Å². The number of sulfonamides is 1. The van der Waals surface area contributed by atoms with Crippen LogP contribution in [0.15, 0.2) is 24.3 Å². The normalized spacial score (nSPS) is 19.9. The van der Waals surface area contributed by atoms with E-state index in [0.29, 0.717) is 24.2 Å². The maximum Gasteiger partial charge on any atom is 0.261 e. The van der Waals surface area contributed by atoms with Crippen LogP contribution in [0.3, 0.4) is 0 Å². The second-order valence-electron chi connectivity index (χ2n) is 6.29. The van der Waals surface area contributed by atoms with Crippen molar-refractivity contribution in [2.75, 3.05) is 25.4 Å². The predicted octanol–water partition coefficient (Wildman–Crippen LogP) is 1.88. The van der Waals surface area contributed by atoms with Crippen molar-refractivity contribution in [3.05, 3.63) is 35.4 Å². The summed E-state index contributed by atoms with van der Waals surface area (Å²) in [6.07, 6.45) is 4.98. The fourth-order valence-electron chi connectivity index (χ4n) is 3.27. The van der Waals surface area contributed by atoms with Crippen LogP contribution >= 0.6 is 0 Å². The van der Waals surface area contributed by atoms with E-state index in [1.54, 1.807) is 24.3 Å². The van der Waals surface area contributed by atoms with Gasteiger partial charge >= 0.3 is 0 Å². The average Bonchev–Trinajstić information content (AvgIpc) is 2.77. The van der Waals surface area contributed by atoms with E-state index in [1.807, 2.05) is 0 Å². The maximum atomic E-state index is 12.6. The SMILES string of the molecule is O=C1c2ccccc2C(=O)N1CCS(=O)(=O)N1CCCCCCC1. The Morgan fingerprint density at radius 1 is 0.833 bits per heavy atom. The van der Waals surface area contributed by atoms with E-state index in [-0.39, 0.29) is 12.3 Å². The topological polar surface area (TPSA) is 74.8 Å². The van der Waals surface area contributed by atoms with Crippen molar-refractivity contribution < 1.29 is 18.0 Å². The van der Waals surface area contributed by atoms with Gasteiger partial charge in [-0.25, -0.2) is 12.7 Å². The summed E-state index contributed by atoms with van der Waals surface area (Å²) in [6.45, 7) is 0.972. The first-order chi connectivity index (χ1) is 11.5. The van der Waals surface area contributed by atoms with E-state index in [0.717, 1.165) is 37.0 Å². The van der Waals surface area contributed by atoms with E-state index in [2.05, 4.69) is 0 Å². The van der Waals surface area contributed by atoms with Gasteiger partial charge in [0.25, 0.3) is 11.8 Å². The third-order valence-electron chi connectivity index (χ3n) is 4.66. The Balaban J connectivity index is 1.67. The molecule has 6 nitrogen and oxygen atoms in total. The second-order valence-corrected chi connectivity index (χ2v) is 8.38. The first-order valence-electron chi connectivity index (χ1n) is 8.44. The number of amides is 2. The lowest BCUT2D eigenvalue weighted by molar-refractivity contribution is 0.0663. The van der Waals surface area contributed by atoms with Crippen molar-refractivity contribution in [2.45, 2.75) is 32.1 Å². The van der Waals surface area contributed by atoms with Crippen LogP contribution in [0, 0.1) is 0 Å². The highest BCUT2D eigenvalue weighted by Crippen LogP contribution is 2.22. The lowest BCUT2D eigenvalue weighted by atomic mass is 10.1. The summed E-state index contributed by atoms with van der Waals surface area (Å²) in [5.74, 6) is -1.02. The Kier molecular flexibility index (Phi) is 5.01. The summed E-state index contributed by atoms with van der Waals surface area (Å²) >= 11 is 0. The molecule has 0 saturated carbocycles. The smallest absolute Gasteiger partial charge is 0.261 e. The number of carbonyl (C=O) groups is 2. The molecule has 0 N–H and O–H groups in total. The zero-order valence-corrected chi connectivity index (χ0v) is 14.4. The minimum absolute atomic E-state index is 0.0921. The van der Waals surface area contributed by atoms with Gasteiger partial charge in [-0.15, -0.1) is 0 Å². The molecule has 7 heteroatoms. The highest BCUT2D eigenvalue weighted by molar-refractivity contribution is 7.89. The molecule has 0 radical (unpaired) electrons. The third-order valence-corrected chi connectivity index (χ3v) is 6.51. The number of rotatable bonds is 4. The van der Waals surface area contributed by atoms with Crippen molar-refractivity contribution in [2.24, 2.45) is 0 Å². The number of benzene rings is 1. The van der Waals surface area contributed by atoms with E-state index >= 15 is 0 Å². The van der Waals surface area contributed by atoms with Crippen LogP contribution in [0.4, 0.5) is 0 Å². The predicted molar refractivity (Wildman–Crippen MR) is 90.3 cm³/mol. The first-order valence-corrected chi connectivity index (χ1v) is 10.0. The van der Waals surface area contributed by atoms with Crippen molar-refractivity contribution in [1.29, 1.82) is 0 Å². The van der Waals surface area contributed by atoms with Gasteiger partial charge in [-0.1, -0.05) is 31.4 Å². The van der Waals surface area contributed by atoms with Gasteiger partial charge in [-0.3, -0.25) is 14.5 Å². The van der Waals surface area contributed by atoms with Crippen molar-refractivity contribution >= 4 is 21.8 Å². The van der Waals surface area contributed by atoms with Gasteiger partial charge in [-0.05, 0) is 25.0 Å². The summed E-state index contributed by atoms with van der Waals surface area (Å²) in [6, 6.07) is 6.60. The lowest BCUT2D eigenvalue weighted by Crippen LogP contribution is -2.40. The lowest BCUT2D eigenvalue weighted by Gasteiger charge is -2.25. The van der Waals surface area contributed by atoms with E-state index in [9.17, 15) is 18.0 Å². The standard InChI is InChI=1S/C17H22N2O4S/c20-16-14-8-4-5-9-15(14)17(21)19(16)12-13-24(22,23)18-10-6-2-1-3-7-11-18/h4-5,8-9H,1-3,6-7,10-13H2. The summed E-state index contributed by atoms with van der Waals surface area (Å²) < 4.78 is 26.7. The number of carbonyl (C=O) groups excluding carboxylic acids is 2. The van der Waals surface area contributed by atoms with Crippen LogP contribution in [-0.2, 0) is 10.0 Å². The second kappa shape index (κ2) is 7.03. The molecule has 0 unspecified atom stereocenters. The number of fused-ring (bicyclic) bond motifs is 1. The maximum absolute atomic E-state index is 12.6. The minimum atomic E-state index is -3.46. The molecule has 2 amide bonds. The Hall–Kier alpha value is -1.73. The Labute approximate surface area is 142 Å². The molecule has 0 spiro atoms. The highest BCUT2D eigenvalue weighted by Gasteiger charge is 2.36. The molecule has 2 heterocycles. The monoisotopic (exact) mass is 350 g/mol.